The van der Waals surface area contributed by atoms with Gasteiger partial charge in [0.1, 0.15) is 0 Å². The molecule has 0 amide bonds. The fourth-order valence-electron chi connectivity index (χ4n) is 2.41. The first-order chi connectivity index (χ1) is 11.1. The number of nitro groups is 1. The summed E-state index contributed by atoms with van der Waals surface area (Å²) in [5, 5.41) is 13.2. The van der Waals surface area contributed by atoms with Crippen LogP contribution in [0.4, 0.5) is 5.69 Å². The van der Waals surface area contributed by atoms with Crippen LogP contribution in [0.15, 0.2) is 72.8 Å². The van der Waals surface area contributed by atoms with Crippen molar-refractivity contribution in [3.63, 3.8) is 0 Å². The fourth-order valence-corrected chi connectivity index (χ4v) is 2.41. The van der Waals surface area contributed by atoms with Gasteiger partial charge in [-0.2, -0.15) is 0 Å². The number of nitro benzene ring substituents is 1. The van der Waals surface area contributed by atoms with Gasteiger partial charge in [-0.25, -0.2) is 0 Å². The number of ketones is 1. The molecule has 0 N–H and O–H groups in total. The smallest absolute Gasteiger partial charge is 0.280 e. The summed E-state index contributed by atoms with van der Waals surface area (Å²) < 4.78 is 0. The standard InChI is InChI=1S/C19H13NO3/c21-19(17-7-3-4-8-18(17)20(22)23)12-10-14-9-11-15-5-1-2-6-16(15)13-14/h1-13H/b12-10+. The first kappa shape index (κ1) is 14.7. The van der Waals surface area contributed by atoms with E-state index in [1.807, 2.05) is 42.5 Å². The molecule has 0 aliphatic carbocycles. The van der Waals surface area contributed by atoms with Gasteiger partial charge in [-0.3, -0.25) is 14.9 Å². The van der Waals surface area contributed by atoms with Gasteiger partial charge in [0.05, 0.1) is 10.5 Å². The van der Waals surface area contributed by atoms with Gasteiger partial charge in [-0.15, -0.1) is 0 Å². The minimum atomic E-state index is -0.545. The van der Waals surface area contributed by atoms with Crippen LogP contribution in [-0.2, 0) is 0 Å². The van der Waals surface area contributed by atoms with Crippen molar-refractivity contribution < 1.29 is 9.72 Å². The molecule has 112 valence electrons. The fraction of sp³-hybridized carbons (Fsp3) is 0. The van der Waals surface area contributed by atoms with Crippen LogP contribution in [0.2, 0.25) is 0 Å². The average Bonchev–Trinajstić information content (AvgIpc) is 2.59. The van der Waals surface area contributed by atoms with E-state index in [0.29, 0.717) is 0 Å². The zero-order valence-electron chi connectivity index (χ0n) is 12.2. The van der Waals surface area contributed by atoms with E-state index in [4.69, 9.17) is 0 Å². The van der Waals surface area contributed by atoms with Crippen LogP contribution in [0, 0.1) is 10.1 Å². The summed E-state index contributed by atoms with van der Waals surface area (Å²) in [5.41, 5.74) is 0.783. The highest BCUT2D eigenvalue weighted by molar-refractivity contribution is 6.09. The molecule has 0 unspecified atom stereocenters. The summed E-state index contributed by atoms with van der Waals surface area (Å²) in [5.74, 6) is -0.384. The number of nitrogens with zero attached hydrogens (tertiary/aromatic N) is 1. The van der Waals surface area contributed by atoms with Gasteiger partial charge in [0, 0.05) is 6.07 Å². The Bertz CT molecular complexity index is 929. The minimum absolute atomic E-state index is 0.0922. The van der Waals surface area contributed by atoms with Crippen LogP contribution < -0.4 is 0 Å². The Balaban J connectivity index is 1.89. The number of para-hydroxylation sites is 1. The second kappa shape index (κ2) is 6.23. The Morgan fingerprint density at radius 2 is 1.61 bits per heavy atom. The van der Waals surface area contributed by atoms with E-state index >= 15 is 0 Å². The predicted octanol–water partition coefficient (Wildman–Crippen LogP) is 4.64. The summed E-state index contributed by atoms with van der Waals surface area (Å²) >= 11 is 0. The van der Waals surface area contributed by atoms with Gasteiger partial charge in [0.15, 0.2) is 5.78 Å². The van der Waals surface area contributed by atoms with Crippen molar-refractivity contribution in [2.75, 3.05) is 0 Å². The van der Waals surface area contributed by atoms with Crippen LogP contribution in [0.3, 0.4) is 0 Å². The normalized spacial score (nSPS) is 11.0. The van der Waals surface area contributed by atoms with Crippen LogP contribution in [0.1, 0.15) is 15.9 Å². The van der Waals surface area contributed by atoms with E-state index in [9.17, 15) is 14.9 Å². The largest absolute Gasteiger partial charge is 0.289 e. The molecule has 3 aromatic rings. The van der Waals surface area contributed by atoms with E-state index < -0.39 is 4.92 Å². The summed E-state index contributed by atoms with van der Waals surface area (Å²) in [6, 6.07) is 19.7. The Morgan fingerprint density at radius 3 is 2.39 bits per heavy atom. The maximum atomic E-state index is 12.2. The second-order valence-corrected chi connectivity index (χ2v) is 5.08. The molecule has 0 aliphatic rings. The maximum Gasteiger partial charge on any atom is 0.280 e. The van der Waals surface area contributed by atoms with E-state index in [1.165, 1.54) is 18.2 Å². The molecule has 0 saturated carbocycles. The number of hydrogen-bond acceptors (Lipinski definition) is 3. The van der Waals surface area contributed by atoms with Crippen LogP contribution in [-0.4, -0.2) is 10.7 Å². The third-order valence-electron chi connectivity index (χ3n) is 3.57. The number of rotatable bonds is 4. The molecule has 4 nitrogen and oxygen atoms in total. The number of hydrogen-bond donors (Lipinski definition) is 0. The molecule has 0 radical (unpaired) electrons. The number of fused-ring (bicyclic) bond motifs is 1. The summed E-state index contributed by atoms with van der Waals surface area (Å²) in [6.07, 6.45) is 3.04. The average molecular weight is 303 g/mol. The maximum absolute atomic E-state index is 12.2. The lowest BCUT2D eigenvalue weighted by Crippen LogP contribution is -2.00. The molecule has 0 aliphatic heterocycles. The number of carbonyl (C=O) groups is 1. The lowest BCUT2D eigenvalue weighted by atomic mass is 10.0. The number of allylic oxidation sites excluding steroid dienone is 1. The molecule has 0 heterocycles. The van der Waals surface area contributed by atoms with Crippen molar-refractivity contribution in [1.29, 1.82) is 0 Å². The quantitative estimate of drug-likeness (QED) is 0.305. The molecule has 0 bridgehead atoms. The molecule has 0 fully saturated rings. The van der Waals surface area contributed by atoms with Gasteiger partial charge in [0.25, 0.3) is 5.69 Å². The molecule has 0 spiro atoms. The van der Waals surface area contributed by atoms with Gasteiger partial charge < -0.3 is 0 Å². The SMILES string of the molecule is O=C(/C=C/c1ccc2ccccc2c1)c1ccccc1[N+](=O)[O-]. The van der Waals surface area contributed by atoms with Gasteiger partial charge in [-0.05, 0) is 34.5 Å². The Labute approximate surface area is 132 Å². The van der Waals surface area contributed by atoms with E-state index in [1.54, 1.807) is 18.2 Å². The number of carbonyl (C=O) groups excluding carboxylic acids is 1. The topological polar surface area (TPSA) is 60.2 Å². The van der Waals surface area contributed by atoms with Crippen LogP contribution in [0.5, 0.6) is 0 Å². The zero-order chi connectivity index (χ0) is 16.2. The lowest BCUT2D eigenvalue weighted by molar-refractivity contribution is -0.385. The van der Waals surface area contributed by atoms with Crippen molar-refractivity contribution in [3.05, 3.63) is 94.0 Å². The molecule has 3 aromatic carbocycles. The van der Waals surface area contributed by atoms with E-state index in [2.05, 4.69) is 0 Å². The zero-order valence-corrected chi connectivity index (χ0v) is 12.2. The Morgan fingerprint density at radius 1 is 0.913 bits per heavy atom. The highest BCUT2D eigenvalue weighted by atomic mass is 16.6. The lowest BCUT2D eigenvalue weighted by Gasteiger charge is -2.00. The molecular formula is C19H13NO3. The highest BCUT2D eigenvalue weighted by Crippen LogP contribution is 2.20. The van der Waals surface area contributed by atoms with Crippen molar-refractivity contribution in [3.8, 4) is 0 Å². The molecule has 4 heteroatoms. The van der Waals surface area contributed by atoms with Crippen LogP contribution in [0.25, 0.3) is 16.8 Å². The van der Waals surface area contributed by atoms with E-state index in [0.717, 1.165) is 16.3 Å². The van der Waals surface area contributed by atoms with Gasteiger partial charge >= 0.3 is 0 Å². The Hall–Kier alpha value is -3.27. The summed E-state index contributed by atoms with van der Waals surface area (Å²) in [7, 11) is 0. The van der Waals surface area contributed by atoms with E-state index in [-0.39, 0.29) is 17.0 Å². The summed E-state index contributed by atoms with van der Waals surface area (Å²) in [6.45, 7) is 0. The van der Waals surface area contributed by atoms with Crippen LogP contribution >= 0.6 is 0 Å². The third kappa shape index (κ3) is 3.16. The van der Waals surface area contributed by atoms with Crippen molar-refractivity contribution >= 4 is 28.3 Å². The highest BCUT2D eigenvalue weighted by Gasteiger charge is 2.16. The Kier molecular flexibility index (Phi) is 3.97. The third-order valence-corrected chi connectivity index (χ3v) is 3.57. The van der Waals surface area contributed by atoms with Gasteiger partial charge in [-0.1, -0.05) is 54.6 Å². The van der Waals surface area contributed by atoms with Crippen molar-refractivity contribution in [2.24, 2.45) is 0 Å². The van der Waals surface area contributed by atoms with Gasteiger partial charge in [0.2, 0.25) is 0 Å². The first-order valence-corrected chi connectivity index (χ1v) is 7.10. The monoisotopic (exact) mass is 303 g/mol. The second-order valence-electron chi connectivity index (χ2n) is 5.08. The van der Waals surface area contributed by atoms with Crippen molar-refractivity contribution in [1.82, 2.24) is 0 Å². The summed E-state index contributed by atoms with van der Waals surface area (Å²) in [4.78, 5) is 22.6. The molecule has 3 rings (SSSR count). The minimum Gasteiger partial charge on any atom is -0.289 e. The molecule has 23 heavy (non-hydrogen) atoms. The molecule has 0 saturated heterocycles. The van der Waals surface area contributed by atoms with Crippen molar-refractivity contribution in [2.45, 2.75) is 0 Å². The predicted molar refractivity (Wildman–Crippen MR) is 90.4 cm³/mol. The molecule has 0 atom stereocenters. The first-order valence-electron chi connectivity index (χ1n) is 7.10. The molecule has 0 aromatic heterocycles. The molecular weight excluding hydrogens is 290 g/mol. The number of benzene rings is 3.